The largest absolute Gasteiger partial charge is 0.478 e. The standard InChI is InChI=1S/C15H11FN2O3/c16-13-4-3-10(6-17-13)14(19)18-7-11-2-1-9(15(20)21)5-12(11)8-18/h1-6H,7-8H2,(H,20,21). The van der Waals surface area contributed by atoms with Crippen molar-refractivity contribution in [3.05, 3.63) is 64.7 Å². The summed E-state index contributed by atoms with van der Waals surface area (Å²) in [7, 11) is 0. The van der Waals surface area contributed by atoms with E-state index in [2.05, 4.69) is 4.98 Å². The summed E-state index contributed by atoms with van der Waals surface area (Å²) < 4.78 is 12.8. The van der Waals surface area contributed by atoms with Gasteiger partial charge in [-0.3, -0.25) is 4.79 Å². The molecule has 3 rings (SSSR count). The normalized spacial score (nSPS) is 13.1. The molecular formula is C15H11FN2O3. The number of hydrogen-bond acceptors (Lipinski definition) is 3. The Morgan fingerprint density at radius 2 is 1.81 bits per heavy atom. The molecular weight excluding hydrogens is 275 g/mol. The zero-order chi connectivity index (χ0) is 15.0. The van der Waals surface area contributed by atoms with E-state index >= 15 is 0 Å². The van der Waals surface area contributed by atoms with Crippen LogP contribution < -0.4 is 0 Å². The fourth-order valence-corrected chi connectivity index (χ4v) is 2.36. The number of aromatic nitrogens is 1. The number of aromatic carboxylic acids is 1. The van der Waals surface area contributed by atoms with Crippen LogP contribution in [-0.4, -0.2) is 26.9 Å². The molecule has 2 heterocycles. The van der Waals surface area contributed by atoms with Crippen molar-refractivity contribution in [2.45, 2.75) is 13.1 Å². The Labute approximate surface area is 119 Å². The molecule has 0 saturated carbocycles. The van der Waals surface area contributed by atoms with Gasteiger partial charge in [0, 0.05) is 19.3 Å². The van der Waals surface area contributed by atoms with Crippen LogP contribution in [0, 0.1) is 5.95 Å². The topological polar surface area (TPSA) is 70.5 Å². The molecule has 0 aliphatic carbocycles. The van der Waals surface area contributed by atoms with Gasteiger partial charge in [-0.2, -0.15) is 4.39 Å². The third-order valence-corrected chi connectivity index (χ3v) is 3.44. The molecule has 1 aromatic heterocycles. The zero-order valence-electron chi connectivity index (χ0n) is 10.9. The number of carbonyl (C=O) groups is 2. The molecule has 1 N–H and O–H groups in total. The lowest BCUT2D eigenvalue weighted by atomic mass is 10.1. The highest BCUT2D eigenvalue weighted by molar-refractivity contribution is 5.94. The maximum atomic E-state index is 12.8. The van der Waals surface area contributed by atoms with Crippen LogP contribution in [0.1, 0.15) is 31.8 Å². The Hall–Kier alpha value is -2.76. The van der Waals surface area contributed by atoms with E-state index in [-0.39, 0.29) is 11.5 Å². The summed E-state index contributed by atoms with van der Waals surface area (Å²) in [6.45, 7) is 0.748. The van der Waals surface area contributed by atoms with Crippen molar-refractivity contribution in [2.24, 2.45) is 0 Å². The predicted octanol–water partition coefficient (Wildman–Crippen LogP) is 2.07. The van der Waals surface area contributed by atoms with E-state index in [1.165, 1.54) is 18.3 Å². The second-order valence-electron chi connectivity index (χ2n) is 4.82. The molecule has 0 spiro atoms. The average molecular weight is 286 g/mol. The number of carboxylic acid groups (broad SMARTS) is 1. The van der Waals surface area contributed by atoms with Gasteiger partial charge in [-0.1, -0.05) is 6.07 Å². The van der Waals surface area contributed by atoms with Gasteiger partial charge in [0.05, 0.1) is 11.1 Å². The number of benzene rings is 1. The first-order chi connectivity index (χ1) is 10.0. The van der Waals surface area contributed by atoms with E-state index in [4.69, 9.17) is 5.11 Å². The smallest absolute Gasteiger partial charge is 0.335 e. The van der Waals surface area contributed by atoms with Gasteiger partial charge in [-0.15, -0.1) is 0 Å². The molecule has 5 nitrogen and oxygen atoms in total. The van der Waals surface area contributed by atoms with Crippen molar-refractivity contribution in [3.8, 4) is 0 Å². The molecule has 6 heteroatoms. The summed E-state index contributed by atoms with van der Waals surface area (Å²) in [6.07, 6.45) is 1.20. The molecule has 2 aromatic rings. The van der Waals surface area contributed by atoms with Crippen molar-refractivity contribution >= 4 is 11.9 Å². The number of halogens is 1. The SMILES string of the molecule is O=C(O)c1ccc2c(c1)CN(C(=O)c1ccc(F)nc1)C2. The van der Waals surface area contributed by atoms with Gasteiger partial charge in [-0.05, 0) is 35.4 Å². The lowest BCUT2D eigenvalue weighted by Crippen LogP contribution is -2.25. The fraction of sp³-hybridized carbons (Fsp3) is 0.133. The number of fused-ring (bicyclic) bond motifs is 1. The minimum absolute atomic E-state index is 0.200. The number of amides is 1. The molecule has 0 radical (unpaired) electrons. The van der Waals surface area contributed by atoms with Gasteiger partial charge in [0.1, 0.15) is 0 Å². The average Bonchev–Trinajstić information content (AvgIpc) is 2.90. The summed E-state index contributed by atoms with van der Waals surface area (Å²) in [5.41, 5.74) is 2.25. The predicted molar refractivity (Wildman–Crippen MR) is 71.2 cm³/mol. The third kappa shape index (κ3) is 2.47. The van der Waals surface area contributed by atoms with Gasteiger partial charge < -0.3 is 10.0 Å². The Morgan fingerprint density at radius 3 is 2.48 bits per heavy atom. The van der Waals surface area contributed by atoms with Crippen molar-refractivity contribution < 1.29 is 19.1 Å². The van der Waals surface area contributed by atoms with Crippen LogP contribution in [0.15, 0.2) is 36.5 Å². The molecule has 21 heavy (non-hydrogen) atoms. The summed E-state index contributed by atoms with van der Waals surface area (Å²) in [5.74, 6) is -1.89. The molecule has 1 aromatic carbocycles. The Kier molecular flexibility index (Phi) is 3.13. The number of rotatable bonds is 2. The molecule has 0 atom stereocenters. The van der Waals surface area contributed by atoms with Crippen molar-refractivity contribution in [2.75, 3.05) is 0 Å². The monoisotopic (exact) mass is 286 g/mol. The highest BCUT2D eigenvalue weighted by Crippen LogP contribution is 2.25. The van der Waals surface area contributed by atoms with Crippen LogP contribution in [0.25, 0.3) is 0 Å². The maximum absolute atomic E-state index is 12.8. The van der Waals surface area contributed by atoms with Crippen LogP contribution in [0.5, 0.6) is 0 Å². The first-order valence-electron chi connectivity index (χ1n) is 6.30. The number of hydrogen-bond donors (Lipinski definition) is 1. The minimum atomic E-state index is -0.995. The Morgan fingerprint density at radius 1 is 1.10 bits per heavy atom. The molecule has 0 fully saturated rings. The van der Waals surface area contributed by atoms with E-state index in [1.807, 2.05) is 0 Å². The minimum Gasteiger partial charge on any atom is -0.478 e. The molecule has 1 aliphatic heterocycles. The number of pyridine rings is 1. The number of carboxylic acids is 1. The Balaban J connectivity index is 1.82. The molecule has 1 aliphatic rings. The van der Waals surface area contributed by atoms with E-state index in [0.29, 0.717) is 18.7 Å². The second kappa shape index (κ2) is 4.97. The first kappa shape index (κ1) is 13.2. The molecule has 0 saturated heterocycles. The van der Waals surface area contributed by atoms with E-state index < -0.39 is 11.9 Å². The molecule has 106 valence electrons. The summed E-state index contributed by atoms with van der Waals surface area (Å²) in [4.78, 5) is 28.3. The van der Waals surface area contributed by atoms with Gasteiger partial charge in [0.25, 0.3) is 5.91 Å². The van der Waals surface area contributed by atoms with Crippen LogP contribution in [0.2, 0.25) is 0 Å². The van der Waals surface area contributed by atoms with E-state index in [1.54, 1.807) is 17.0 Å². The first-order valence-corrected chi connectivity index (χ1v) is 6.30. The Bertz CT molecular complexity index is 728. The van der Waals surface area contributed by atoms with E-state index in [9.17, 15) is 14.0 Å². The quantitative estimate of drug-likeness (QED) is 0.858. The lowest BCUT2D eigenvalue weighted by molar-refractivity contribution is 0.0696. The van der Waals surface area contributed by atoms with Gasteiger partial charge in [0.15, 0.2) is 0 Å². The van der Waals surface area contributed by atoms with Gasteiger partial charge in [-0.25, -0.2) is 9.78 Å². The van der Waals surface area contributed by atoms with Crippen molar-refractivity contribution in [3.63, 3.8) is 0 Å². The highest BCUT2D eigenvalue weighted by Gasteiger charge is 2.25. The van der Waals surface area contributed by atoms with Crippen LogP contribution in [0.3, 0.4) is 0 Å². The summed E-state index contributed by atoms with van der Waals surface area (Å²) >= 11 is 0. The van der Waals surface area contributed by atoms with Crippen LogP contribution >= 0.6 is 0 Å². The molecule has 1 amide bonds. The number of carbonyl (C=O) groups excluding carboxylic acids is 1. The summed E-state index contributed by atoms with van der Waals surface area (Å²) in [6, 6.07) is 7.34. The maximum Gasteiger partial charge on any atom is 0.335 e. The fourth-order valence-electron chi connectivity index (χ4n) is 2.36. The van der Waals surface area contributed by atoms with Gasteiger partial charge in [0.2, 0.25) is 5.95 Å². The van der Waals surface area contributed by atoms with Gasteiger partial charge >= 0.3 is 5.97 Å². The number of nitrogens with zero attached hydrogens (tertiary/aromatic N) is 2. The molecule has 0 bridgehead atoms. The van der Waals surface area contributed by atoms with Crippen molar-refractivity contribution in [1.82, 2.24) is 9.88 Å². The lowest BCUT2D eigenvalue weighted by Gasteiger charge is -2.14. The van der Waals surface area contributed by atoms with E-state index in [0.717, 1.165) is 17.2 Å². The van der Waals surface area contributed by atoms with Crippen LogP contribution in [0.4, 0.5) is 4.39 Å². The zero-order valence-corrected chi connectivity index (χ0v) is 10.9. The van der Waals surface area contributed by atoms with Crippen LogP contribution in [-0.2, 0) is 13.1 Å². The summed E-state index contributed by atoms with van der Waals surface area (Å²) in [5, 5.41) is 8.97. The third-order valence-electron chi connectivity index (χ3n) is 3.44. The second-order valence-corrected chi connectivity index (χ2v) is 4.82. The van der Waals surface area contributed by atoms with Crippen molar-refractivity contribution in [1.29, 1.82) is 0 Å². The highest BCUT2D eigenvalue weighted by atomic mass is 19.1. The molecule has 0 unspecified atom stereocenters.